The van der Waals surface area contributed by atoms with Crippen LogP contribution in [0.15, 0.2) is 42.9 Å². The SMILES string of the molecule is O=C(NCCNc1cnccn1)[C@H]1CC(=O)N(c2ccccc2F)C1. The molecule has 0 saturated carbocycles. The van der Waals surface area contributed by atoms with E-state index in [0.29, 0.717) is 18.9 Å². The summed E-state index contributed by atoms with van der Waals surface area (Å²) in [6.07, 6.45) is 4.81. The van der Waals surface area contributed by atoms with Crippen LogP contribution >= 0.6 is 0 Å². The van der Waals surface area contributed by atoms with Crippen LogP contribution in [0.25, 0.3) is 0 Å². The molecule has 1 aromatic carbocycles. The zero-order valence-corrected chi connectivity index (χ0v) is 13.5. The third-order valence-corrected chi connectivity index (χ3v) is 3.93. The third-order valence-electron chi connectivity index (χ3n) is 3.93. The van der Waals surface area contributed by atoms with Crippen molar-refractivity contribution in [2.45, 2.75) is 6.42 Å². The summed E-state index contributed by atoms with van der Waals surface area (Å²) >= 11 is 0. The van der Waals surface area contributed by atoms with Gasteiger partial charge in [0.15, 0.2) is 0 Å². The van der Waals surface area contributed by atoms with Gasteiger partial charge >= 0.3 is 0 Å². The van der Waals surface area contributed by atoms with Gasteiger partial charge in [-0.15, -0.1) is 0 Å². The number of nitrogens with one attached hydrogen (secondary N) is 2. The minimum atomic E-state index is -0.483. The first kappa shape index (κ1) is 16.8. The lowest BCUT2D eigenvalue weighted by Crippen LogP contribution is -2.35. The summed E-state index contributed by atoms with van der Waals surface area (Å²) in [6, 6.07) is 6.07. The Hall–Kier alpha value is -3.03. The highest BCUT2D eigenvalue weighted by Gasteiger charge is 2.35. The molecule has 0 aliphatic carbocycles. The van der Waals surface area contributed by atoms with E-state index in [2.05, 4.69) is 20.6 Å². The van der Waals surface area contributed by atoms with Crippen LogP contribution in [-0.4, -0.2) is 41.4 Å². The molecule has 2 heterocycles. The minimum absolute atomic E-state index is 0.0811. The standard InChI is InChI=1S/C17H18FN5O2/c18-13-3-1-2-4-14(13)23-11-12(9-16(23)24)17(25)22-8-7-21-15-10-19-5-6-20-15/h1-6,10,12H,7-9,11H2,(H,20,21)(H,22,25)/t12-/m0/s1. The topological polar surface area (TPSA) is 87.2 Å². The first-order valence-corrected chi connectivity index (χ1v) is 7.97. The van der Waals surface area contributed by atoms with Crippen LogP contribution in [0.4, 0.5) is 15.9 Å². The van der Waals surface area contributed by atoms with E-state index in [1.165, 1.54) is 11.0 Å². The van der Waals surface area contributed by atoms with Gasteiger partial charge in [0.2, 0.25) is 11.8 Å². The molecular formula is C17H18FN5O2. The quantitative estimate of drug-likeness (QED) is 0.770. The summed E-state index contributed by atoms with van der Waals surface area (Å²) in [4.78, 5) is 33.7. The molecule has 130 valence electrons. The van der Waals surface area contributed by atoms with Crippen molar-refractivity contribution in [1.29, 1.82) is 0 Å². The smallest absolute Gasteiger partial charge is 0.227 e. The van der Waals surface area contributed by atoms with E-state index in [1.54, 1.807) is 36.8 Å². The van der Waals surface area contributed by atoms with Crippen LogP contribution in [0.1, 0.15) is 6.42 Å². The summed E-state index contributed by atoms with van der Waals surface area (Å²) in [5.74, 6) is -0.789. The fourth-order valence-electron chi connectivity index (χ4n) is 2.70. The van der Waals surface area contributed by atoms with Gasteiger partial charge < -0.3 is 15.5 Å². The second-order valence-electron chi connectivity index (χ2n) is 5.67. The molecule has 1 aliphatic heterocycles. The van der Waals surface area contributed by atoms with Crippen LogP contribution in [-0.2, 0) is 9.59 Å². The normalized spacial score (nSPS) is 16.8. The highest BCUT2D eigenvalue weighted by Crippen LogP contribution is 2.27. The highest BCUT2D eigenvalue weighted by molar-refractivity contribution is 6.00. The molecule has 0 spiro atoms. The zero-order valence-electron chi connectivity index (χ0n) is 13.5. The van der Waals surface area contributed by atoms with Crippen molar-refractivity contribution >= 4 is 23.3 Å². The van der Waals surface area contributed by atoms with Crippen molar-refractivity contribution in [2.24, 2.45) is 5.92 Å². The van der Waals surface area contributed by atoms with E-state index in [9.17, 15) is 14.0 Å². The minimum Gasteiger partial charge on any atom is -0.367 e. The van der Waals surface area contributed by atoms with Crippen molar-refractivity contribution in [3.05, 3.63) is 48.7 Å². The largest absolute Gasteiger partial charge is 0.367 e. The average Bonchev–Trinajstić information content (AvgIpc) is 3.01. The Kier molecular flexibility index (Phi) is 5.17. The predicted molar refractivity (Wildman–Crippen MR) is 90.4 cm³/mol. The molecule has 1 aliphatic rings. The summed E-state index contributed by atoms with van der Waals surface area (Å²) in [5.41, 5.74) is 0.215. The molecule has 8 heteroatoms. The molecule has 0 bridgehead atoms. The lowest BCUT2D eigenvalue weighted by molar-refractivity contribution is -0.126. The van der Waals surface area contributed by atoms with E-state index in [0.717, 1.165) is 0 Å². The van der Waals surface area contributed by atoms with Gasteiger partial charge in [0, 0.05) is 38.4 Å². The number of para-hydroxylation sites is 1. The Morgan fingerprint density at radius 2 is 2.12 bits per heavy atom. The Labute approximate surface area is 144 Å². The van der Waals surface area contributed by atoms with Crippen molar-refractivity contribution in [3.63, 3.8) is 0 Å². The Bertz CT molecular complexity index is 756. The van der Waals surface area contributed by atoms with Crippen molar-refractivity contribution < 1.29 is 14.0 Å². The number of anilines is 2. The Balaban J connectivity index is 1.49. The first-order valence-electron chi connectivity index (χ1n) is 7.97. The summed E-state index contributed by atoms with van der Waals surface area (Å²) in [5, 5.41) is 5.81. The molecule has 1 aromatic heterocycles. The maximum Gasteiger partial charge on any atom is 0.227 e. The number of aromatic nitrogens is 2. The first-order chi connectivity index (χ1) is 12.1. The van der Waals surface area contributed by atoms with E-state index in [4.69, 9.17) is 0 Å². The third kappa shape index (κ3) is 4.09. The zero-order chi connectivity index (χ0) is 17.6. The maximum absolute atomic E-state index is 13.8. The molecule has 1 saturated heterocycles. The number of carbonyl (C=O) groups is 2. The van der Waals surface area contributed by atoms with Crippen LogP contribution in [0.5, 0.6) is 0 Å². The summed E-state index contributed by atoms with van der Waals surface area (Å²) in [7, 11) is 0. The Morgan fingerprint density at radius 1 is 1.28 bits per heavy atom. The molecule has 2 amide bonds. The molecule has 0 radical (unpaired) electrons. The summed E-state index contributed by atoms with van der Waals surface area (Å²) < 4.78 is 13.8. The molecule has 25 heavy (non-hydrogen) atoms. The number of benzene rings is 1. The number of nitrogens with zero attached hydrogens (tertiary/aromatic N) is 3. The molecule has 2 N–H and O–H groups in total. The van der Waals surface area contributed by atoms with Gasteiger partial charge in [-0.05, 0) is 12.1 Å². The molecule has 3 rings (SSSR count). The van der Waals surface area contributed by atoms with Crippen molar-refractivity contribution in [2.75, 3.05) is 29.9 Å². The monoisotopic (exact) mass is 343 g/mol. The van der Waals surface area contributed by atoms with E-state index in [1.807, 2.05) is 0 Å². The van der Waals surface area contributed by atoms with Gasteiger partial charge in [0.05, 0.1) is 17.8 Å². The van der Waals surface area contributed by atoms with E-state index < -0.39 is 11.7 Å². The van der Waals surface area contributed by atoms with Crippen LogP contribution in [0.3, 0.4) is 0 Å². The fraction of sp³-hybridized carbons (Fsp3) is 0.294. The van der Waals surface area contributed by atoms with Gasteiger partial charge in [-0.25, -0.2) is 9.37 Å². The fourth-order valence-corrected chi connectivity index (χ4v) is 2.70. The number of hydrogen-bond donors (Lipinski definition) is 2. The molecule has 2 aromatic rings. The van der Waals surface area contributed by atoms with Gasteiger partial charge in [-0.3, -0.25) is 14.6 Å². The van der Waals surface area contributed by atoms with Crippen LogP contribution in [0, 0.1) is 11.7 Å². The van der Waals surface area contributed by atoms with Crippen LogP contribution in [0.2, 0.25) is 0 Å². The number of rotatable bonds is 6. The summed E-state index contributed by atoms with van der Waals surface area (Å²) in [6.45, 7) is 1.06. The second-order valence-corrected chi connectivity index (χ2v) is 5.67. The molecular weight excluding hydrogens is 325 g/mol. The van der Waals surface area contributed by atoms with Gasteiger partial charge in [-0.2, -0.15) is 0 Å². The lowest BCUT2D eigenvalue weighted by atomic mass is 10.1. The molecule has 0 unspecified atom stereocenters. The van der Waals surface area contributed by atoms with E-state index >= 15 is 0 Å². The van der Waals surface area contributed by atoms with Crippen molar-refractivity contribution in [1.82, 2.24) is 15.3 Å². The van der Waals surface area contributed by atoms with E-state index in [-0.39, 0.29) is 30.5 Å². The second kappa shape index (κ2) is 7.69. The lowest BCUT2D eigenvalue weighted by Gasteiger charge is -2.17. The number of carbonyl (C=O) groups excluding carboxylic acids is 2. The van der Waals surface area contributed by atoms with Crippen molar-refractivity contribution in [3.8, 4) is 0 Å². The van der Waals surface area contributed by atoms with Crippen LogP contribution < -0.4 is 15.5 Å². The number of amides is 2. The molecule has 1 fully saturated rings. The predicted octanol–water partition coefficient (Wildman–Crippen LogP) is 1.20. The maximum atomic E-state index is 13.8. The highest BCUT2D eigenvalue weighted by atomic mass is 19.1. The molecule has 7 nitrogen and oxygen atoms in total. The average molecular weight is 343 g/mol. The van der Waals surface area contributed by atoms with Gasteiger partial charge in [0.1, 0.15) is 11.6 Å². The van der Waals surface area contributed by atoms with Gasteiger partial charge in [0.25, 0.3) is 0 Å². The molecule has 1 atom stereocenters. The number of halogens is 1. The number of hydrogen-bond acceptors (Lipinski definition) is 5. The Morgan fingerprint density at radius 3 is 2.88 bits per heavy atom. The van der Waals surface area contributed by atoms with Gasteiger partial charge in [-0.1, -0.05) is 12.1 Å².